The number of carbonyl (C=O) groups excluding carboxylic acids is 1. The Morgan fingerprint density at radius 3 is 2.88 bits per heavy atom. The number of aromatic nitrogens is 1. The van der Waals surface area contributed by atoms with Crippen LogP contribution in [0.5, 0.6) is 5.75 Å². The van der Waals surface area contributed by atoms with Gasteiger partial charge in [0.05, 0.1) is 17.3 Å². The van der Waals surface area contributed by atoms with Crippen molar-refractivity contribution in [2.75, 3.05) is 0 Å². The van der Waals surface area contributed by atoms with Gasteiger partial charge in [-0.25, -0.2) is 5.43 Å². The number of aryl methyl sites for hydroxylation is 1. The fraction of sp³-hybridized carbons (Fsp3) is 0.0556. The molecule has 3 aromatic rings. The van der Waals surface area contributed by atoms with Crippen LogP contribution in [0.1, 0.15) is 21.6 Å². The normalized spacial score (nSPS) is 11.1. The number of amides is 1. The van der Waals surface area contributed by atoms with Crippen molar-refractivity contribution in [3.05, 3.63) is 69.8 Å². The highest BCUT2D eigenvalue weighted by molar-refractivity contribution is 9.10. The number of rotatable bonds is 3. The topological polar surface area (TPSA) is 74.6 Å². The smallest absolute Gasteiger partial charge is 0.272 e. The number of aromatic hydroxyl groups is 1. The van der Waals surface area contributed by atoms with Crippen LogP contribution in [-0.4, -0.2) is 22.2 Å². The van der Waals surface area contributed by atoms with Gasteiger partial charge in [0.2, 0.25) is 0 Å². The van der Waals surface area contributed by atoms with Crippen molar-refractivity contribution in [2.45, 2.75) is 6.92 Å². The molecule has 0 saturated heterocycles. The van der Waals surface area contributed by atoms with Crippen LogP contribution in [0.4, 0.5) is 0 Å². The maximum Gasteiger partial charge on any atom is 0.272 e. The van der Waals surface area contributed by atoms with Crippen molar-refractivity contribution in [1.29, 1.82) is 0 Å². The highest BCUT2D eigenvalue weighted by atomic mass is 79.9. The minimum absolute atomic E-state index is 0.0846. The Kier molecular flexibility index (Phi) is 4.57. The summed E-state index contributed by atoms with van der Waals surface area (Å²) < 4.78 is 0.809. The van der Waals surface area contributed by atoms with Crippen LogP contribution in [0.15, 0.2) is 58.1 Å². The number of pyridine rings is 1. The molecular weight excluding hydrogens is 370 g/mol. The standard InChI is InChI=1S/C18H14BrN3O2/c1-11-8-15(14-4-2-3-5-16(14)21-11)18(24)22-20-10-12-9-13(19)6-7-17(12)23/h2-10,23H,1H3,(H,22,24). The largest absolute Gasteiger partial charge is 0.507 e. The fourth-order valence-corrected chi connectivity index (χ4v) is 2.72. The molecule has 0 aliphatic rings. The highest BCUT2D eigenvalue weighted by Crippen LogP contribution is 2.20. The van der Waals surface area contributed by atoms with Gasteiger partial charge in [-0.05, 0) is 37.3 Å². The summed E-state index contributed by atoms with van der Waals surface area (Å²) in [4.78, 5) is 16.8. The Morgan fingerprint density at radius 1 is 1.25 bits per heavy atom. The second-order valence-corrected chi connectivity index (χ2v) is 6.15. The maximum absolute atomic E-state index is 12.4. The molecule has 0 fully saturated rings. The quantitative estimate of drug-likeness (QED) is 0.533. The Bertz CT molecular complexity index is 954. The molecule has 0 aliphatic carbocycles. The molecule has 0 unspecified atom stereocenters. The molecule has 1 heterocycles. The van der Waals surface area contributed by atoms with Gasteiger partial charge >= 0.3 is 0 Å². The molecule has 1 aromatic heterocycles. The number of hydrogen-bond donors (Lipinski definition) is 2. The van der Waals surface area contributed by atoms with E-state index in [0.29, 0.717) is 11.1 Å². The zero-order valence-corrected chi connectivity index (χ0v) is 14.4. The number of hydrogen-bond acceptors (Lipinski definition) is 4. The summed E-state index contributed by atoms with van der Waals surface area (Å²) in [5.74, 6) is -0.246. The van der Waals surface area contributed by atoms with Crippen LogP contribution in [-0.2, 0) is 0 Å². The lowest BCUT2D eigenvalue weighted by molar-refractivity contribution is 0.0956. The first-order valence-electron chi connectivity index (χ1n) is 7.23. The number of fused-ring (bicyclic) bond motifs is 1. The lowest BCUT2D eigenvalue weighted by Gasteiger charge is -2.06. The Morgan fingerprint density at radius 2 is 2.04 bits per heavy atom. The Hall–Kier alpha value is -2.73. The molecule has 2 aromatic carbocycles. The van der Waals surface area contributed by atoms with Gasteiger partial charge in [0, 0.05) is 21.1 Å². The third kappa shape index (κ3) is 3.44. The number of hydrazone groups is 1. The first-order chi connectivity index (χ1) is 11.5. The second kappa shape index (κ2) is 6.80. The highest BCUT2D eigenvalue weighted by Gasteiger charge is 2.11. The summed E-state index contributed by atoms with van der Waals surface area (Å²) in [6.45, 7) is 1.84. The van der Waals surface area contributed by atoms with Gasteiger partial charge in [-0.2, -0.15) is 5.10 Å². The van der Waals surface area contributed by atoms with Gasteiger partial charge < -0.3 is 5.11 Å². The van der Waals surface area contributed by atoms with Gasteiger partial charge in [0.15, 0.2) is 0 Å². The number of para-hydroxylation sites is 1. The predicted molar refractivity (Wildman–Crippen MR) is 97.3 cm³/mol. The molecule has 5 nitrogen and oxygen atoms in total. The number of carbonyl (C=O) groups is 1. The summed E-state index contributed by atoms with van der Waals surface area (Å²) in [6, 6.07) is 14.1. The first-order valence-corrected chi connectivity index (χ1v) is 8.02. The van der Waals surface area contributed by atoms with Gasteiger partial charge in [0.25, 0.3) is 5.91 Å². The van der Waals surface area contributed by atoms with Gasteiger partial charge in [-0.3, -0.25) is 9.78 Å². The summed E-state index contributed by atoms with van der Waals surface area (Å²) in [6.07, 6.45) is 1.40. The van der Waals surface area contributed by atoms with E-state index in [2.05, 4.69) is 31.4 Å². The zero-order chi connectivity index (χ0) is 17.1. The van der Waals surface area contributed by atoms with Gasteiger partial charge in [-0.1, -0.05) is 34.1 Å². The van der Waals surface area contributed by atoms with Crippen LogP contribution < -0.4 is 5.43 Å². The van der Waals surface area contributed by atoms with Crippen molar-refractivity contribution in [3.63, 3.8) is 0 Å². The summed E-state index contributed by atoms with van der Waals surface area (Å²) >= 11 is 3.32. The Balaban J connectivity index is 1.85. The third-order valence-electron chi connectivity index (χ3n) is 3.45. The van der Waals surface area contributed by atoms with Crippen LogP contribution in [0.25, 0.3) is 10.9 Å². The van der Waals surface area contributed by atoms with Gasteiger partial charge in [0.1, 0.15) is 5.75 Å². The van der Waals surface area contributed by atoms with E-state index in [9.17, 15) is 9.90 Å². The number of benzene rings is 2. The van der Waals surface area contributed by atoms with E-state index in [1.54, 1.807) is 24.3 Å². The first kappa shape index (κ1) is 16.1. The molecule has 1 amide bonds. The lowest BCUT2D eigenvalue weighted by Crippen LogP contribution is -2.18. The monoisotopic (exact) mass is 383 g/mol. The van der Waals surface area contributed by atoms with Crippen molar-refractivity contribution < 1.29 is 9.90 Å². The van der Waals surface area contributed by atoms with E-state index in [-0.39, 0.29) is 11.7 Å². The van der Waals surface area contributed by atoms with E-state index in [1.165, 1.54) is 6.21 Å². The van der Waals surface area contributed by atoms with Crippen molar-refractivity contribution in [3.8, 4) is 5.75 Å². The average molecular weight is 384 g/mol. The number of nitrogens with one attached hydrogen (secondary N) is 1. The molecule has 2 N–H and O–H groups in total. The van der Waals surface area contributed by atoms with Crippen molar-refractivity contribution in [1.82, 2.24) is 10.4 Å². The van der Waals surface area contributed by atoms with E-state index in [0.717, 1.165) is 21.1 Å². The molecule has 24 heavy (non-hydrogen) atoms. The molecule has 0 atom stereocenters. The maximum atomic E-state index is 12.4. The molecule has 120 valence electrons. The molecule has 0 spiro atoms. The molecule has 0 bridgehead atoms. The number of phenols is 1. The molecule has 0 aliphatic heterocycles. The summed E-state index contributed by atoms with van der Waals surface area (Å²) in [5, 5.41) is 14.5. The van der Waals surface area contributed by atoms with E-state index in [4.69, 9.17) is 0 Å². The van der Waals surface area contributed by atoms with E-state index < -0.39 is 0 Å². The molecular formula is C18H14BrN3O2. The third-order valence-corrected chi connectivity index (χ3v) is 3.94. The number of nitrogens with zero attached hydrogens (tertiary/aromatic N) is 2. The zero-order valence-electron chi connectivity index (χ0n) is 12.8. The van der Waals surface area contributed by atoms with Crippen LogP contribution >= 0.6 is 15.9 Å². The Labute approximate surface area is 147 Å². The van der Waals surface area contributed by atoms with Crippen LogP contribution in [0, 0.1) is 6.92 Å². The van der Waals surface area contributed by atoms with Gasteiger partial charge in [-0.15, -0.1) is 0 Å². The average Bonchev–Trinajstić information content (AvgIpc) is 2.57. The van der Waals surface area contributed by atoms with Crippen LogP contribution in [0.2, 0.25) is 0 Å². The summed E-state index contributed by atoms with van der Waals surface area (Å²) in [5.41, 5.74) is 5.02. The minimum atomic E-state index is -0.331. The molecule has 0 saturated carbocycles. The number of phenolic OH excluding ortho intramolecular Hbond substituents is 1. The minimum Gasteiger partial charge on any atom is -0.507 e. The van der Waals surface area contributed by atoms with Crippen molar-refractivity contribution in [2.24, 2.45) is 5.10 Å². The summed E-state index contributed by atoms with van der Waals surface area (Å²) in [7, 11) is 0. The predicted octanol–water partition coefficient (Wildman–Crippen LogP) is 3.78. The number of halogens is 1. The molecule has 0 radical (unpaired) electrons. The lowest BCUT2D eigenvalue weighted by atomic mass is 10.1. The molecule has 6 heteroatoms. The van der Waals surface area contributed by atoms with Crippen molar-refractivity contribution >= 4 is 39.0 Å². The fourth-order valence-electron chi connectivity index (χ4n) is 2.35. The van der Waals surface area contributed by atoms with E-state index >= 15 is 0 Å². The van der Waals surface area contributed by atoms with E-state index in [1.807, 2.05) is 31.2 Å². The molecule has 3 rings (SSSR count). The second-order valence-electron chi connectivity index (χ2n) is 5.23. The SMILES string of the molecule is Cc1cc(C(=O)NN=Cc2cc(Br)ccc2O)c2ccccc2n1. The van der Waals surface area contributed by atoms with Crippen LogP contribution in [0.3, 0.4) is 0 Å².